The Labute approximate surface area is 187 Å². The molecule has 0 aliphatic rings. The third kappa shape index (κ3) is 6.20. The lowest BCUT2D eigenvalue weighted by Gasteiger charge is -2.12. The number of aliphatic imine (C=N–C) groups is 1. The van der Waals surface area contributed by atoms with Gasteiger partial charge in [0.2, 0.25) is 0 Å². The minimum Gasteiger partial charge on any atom is -0.496 e. The molecule has 1 heterocycles. The van der Waals surface area contributed by atoms with Crippen LogP contribution in [0.2, 0.25) is 0 Å². The Morgan fingerprint density at radius 2 is 1.82 bits per heavy atom. The van der Waals surface area contributed by atoms with E-state index in [9.17, 15) is 0 Å². The van der Waals surface area contributed by atoms with E-state index >= 15 is 0 Å². The van der Waals surface area contributed by atoms with Crippen LogP contribution in [0.5, 0.6) is 5.75 Å². The Morgan fingerprint density at radius 3 is 2.57 bits per heavy atom. The van der Waals surface area contributed by atoms with E-state index in [0.29, 0.717) is 6.54 Å². The summed E-state index contributed by atoms with van der Waals surface area (Å²) in [4.78, 5) is 8.98. The zero-order chi connectivity index (χ0) is 18.9. The van der Waals surface area contributed by atoms with Crippen LogP contribution in [0.3, 0.4) is 0 Å². The number of ether oxygens (including phenoxy) is 1. The van der Waals surface area contributed by atoms with E-state index < -0.39 is 0 Å². The lowest BCUT2D eigenvalue weighted by atomic mass is 10.1. The van der Waals surface area contributed by atoms with Crippen LogP contribution in [-0.4, -0.2) is 31.6 Å². The smallest absolute Gasteiger partial charge is 0.191 e. The van der Waals surface area contributed by atoms with E-state index in [1.807, 2.05) is 36.4 Å². The van der Waals surface area contributed by atoms with Gasteiger partial charge in [0.25, 0.3) is 0 Å². The first-order chi connectivity index (χ1) is 13.3. The molecule has 2 aromatic carbocycles. The van der Waals surface area contributed by atoms with Gasteiger partial charge in [-0.25, -0.2) is 4.98 Å². The molecule has 0 bridgehead atoms. The van der Waals surface area contributed by atoms with Crippen molar-refractivity contribution in [1.82, 2.24) is 15.6 Å². The first kappa shape index (κ1) is 22.2. The number of benzene rings is 2. The molecule has 0 amide bonds. The molecule has 0 spiro atoms. The average molecular weight is 508 g/mol. The van der Waals surface area contributed by atoms with Crippen molar-refractivity contribution < 1.29 is 4.74 Å². The first-order valence-electron chi connectivity index (χ1n) is 8.86. The molecule has 0 aliphatic carbocycles. The van der Waals surface area contributed by atoms with E-state index in [1.165, 1.54) is 5.56 Å². The molecule has 28 heavy (non-hydrogen) atoms. The zero-order valence-electron chi connectivity index (χ0n) is 16.0. The second-order valence-corrected chi connectivity index (χ2v) is 6.85. The number of halogens is 1. The van der Waals surface area contributed by atoms with E-state index in [4.69, 9.17) is 9.72 Å². The summed E-state index contributed by atoms with van der Waals surface area (Å²) in [5, 5.41) is 9.78. The van der Waals surface area contributed by atoms with Gasteiger partial charge >= 0.3 is 0 Å². The molecular weight excluding hydrogens is 483 g/mol. The van der Waals surface area contributed by atoms with Crippen molar-refractivity contribution >= 4 is 41.3 Å². The molecule has 0 saturated heterocycles. The molecule has 3 rings (SSSR count). The number of guanidine groups is 1. The highest BCUT2D eigenvalue weighted by atomic mass is 127. The van der Waals surface area contributed by atoms with Crippen molar-refractivity contribution in [2.24, 2.45) is 4.99 Å². The molecule has 0 atom stereocenters. The van der Waals surface area contributed by atoms with Crippen molar-refractivity contribution in [3.8, 4) is 17.0 Å². The number of para-hydroxylation sites is 1. The van der Waals surface area contributed by atoms with Gasteiger partial charge < -0.3 is 15.4 Å². The van der Waals surface area contributed by atoms with Crippen LogP contribution in [0.1, 0.15) is 10.6 Å². The van der Waals surface area contributed by atoms with Gasteiger partial charge in [-0.2, -0.15) is 0 Å². The minimum absolute atomic E-state index is 0. The summed E-state index contributed by atoms with van der Waals surface area (Å²) in [6.07, 6.45) is 0.861. The number of rotatable bonds is 7. The van der Waals surface area contributed by atoms with Gasteiger partial charge in [-0.15, -0.1) is 35.3 Å². The van der Waals surface area contributed by atoms with Crippen LogP contribution in [0.15, 0.2) is 65.0 Å². The summed E-state index contributed by atoms with van der Waals surface area (Å²) in [5.41, 5.74) is 3.33. The highest BCUT2D eigenvalue weighted by Crippen LogP contribution is 2.21. The fraction of sp³-hybridized carbons (Fsp3) is 0.238. The number of nitrogens with zero attached hydrogens (tertiary/aromatic N) is 2. The van der Waals surface area contributed by atoms with Crippen LogP contribution in [0.25, 0.3) is 11.3 Å². The minimum atomic E-state index is 0. The van der Waals surface area contributed by atoms with Crippen LogP contribution in [0, 0.1) is 0 Å². The normalized spacial score (nSPS) is 10.9. The SMILES string of the molecule is CN=C(NCCc1ccccc1OC)NCc1nc(-c2ccccc2)cs1.I. The molecule has 7 heteroatoms. The zero-order valence-corrected chi connectivity index (χ0v) is 19.2. The summed E-state index contributed by atoms with van der Waals surface area (Å²) in [6.45, 7) is 1.42. The van der Waals surface area contributed by atoms with Gasteiger partial charge in [0.15, 0.2) is 5.96 Å². The maximum absolute atomic E-state index is 5.39. The second-order valence-electron chi connectivity index (χ2n) is 5.91. The summed E-state index contributed by atoms with van der Waals surface area (Å²) >= 11 is 1.65. The summed E-state index contributed by atoms with van der Waals surface area (Å²) in [5.74, 6) is 1.68. The predicted molar refractivity (Wildman–Crippen MR) is 128 cm³/mol. The molecule has 0 aliphatic heterocycles. The summed E-state index contributed by atoms with van der Waals surface area (Å²) in [6, 6.07) is 18.3. The molecule has 3 aromatic rings. The largest absolute Gasteiger partial charge is 0.496 e. The van der Waals surface area contributed by atoms with Crippen molar-refractivity contribution in [2.75, 3.05) is 20.7 Å². The Kier molecular flexibility index (Phi) is 9.22. The Balaban J connectivity index is 0.00000280. The summed E-state index contributed by atoms with van der Waals surface area (Å²) in [7, 11) is 3.47. The van der Waals surface area contributed by atoms with Gasteiger partial charge in [-0.3, -0.25) is 4.99 Å². The molecular formula is C21H25IN4OS. The van der Waals surface area contributed by atoms with Crippen molar-refractivity contribution in [2.45, 2.75) is 13.0 Å². The van der Waals surface area contributed by atoms with Crippen LogP contribution in [0.4, 0.5) is 0 Å². The quantitative estimate of drug-likeness (QED) is 0.283. The topological polar surface area (TPSA) is 58.5 Å². The third-order valence-corrected chi connectivity index (χ3v) is 4.98. The number of nitrogens with one attached hydrogen (secondary N) is 2. The molecule has 1 aromatic heterocycles. The fourth-order valence-electron chi connectivity index (χ4n) is 2.74. The van der Waals surface area contributed by atoms with E-state index in [-0.39, 0.29) is 24.0 Å². The maximum atomic E-state index is 5.39. The van der Waals surface area contributed by atoms with Gasteiger partial charge in [0, 0.05) is 24.5 Å². The van der Waals surface area contributed by atoms with Gasteiger partial charge in [-0.1, -0.05) is 48.5 Å². The molecule has 0 fully saturated rings. The Morgan fingerprint density at radius 1 is 1.07 bits per heavy atom. The second kappa shape index (κ2) is 11.7. The van der Waals surface area contributed by atoms with Gasteiger partial charge in [0.05, 0.1) is 19.3 Å². The molecule has 0 radical (unpaired) electrons. The highest BCUT2D eigenvalue weighted by Gasteiger charge is 2.06. The monoisotopic (exact) mass is 508 g/mol. The number of thiazole rings is 1. The maximum Gasteiger partial charge on any atom is 0.191 e. The lowest BCUT2D eigenvalue weighted by molar-refractivity contribution is 0.409. The number of hydrogen-bond donors (Lipinski definition) is 2. The fourth-order valence-corrected chi connectivity index (χ4v) is 3.48. The van der Waals surface area contributed by atoms with Gasteiger partial charge in [0.1, 0.15) is 10.8 Å². The molecule has 148 valence electrons. The molecule has 0 saturated carbocycles. The standard InChI is InChI=1S/C21H24N4OS.HI/c1-22-21(23-13-12-17-10-6-7-11-19(17)26-2)24-14-20-25-18(15-27-20)16-8-4-3-5-9-16;/h3-11,15H,12-14H2,1-2H3,(H2,22,23,24);1H. The van der Waals surface area contributed by atoms with E-state index in [0.717, 1.165) is 40.9 Å². The molecule has 0 unspecified atom stereocenters. The van der Waals surface area contributed by atoms with Crippen molar-refractivity contribution in [1.29, 1.82) is 0 Å². The molecule has 5 nitrogen and oxygen atoms in total. The Hall–Kier alpha value is -2.13. The number of methoxy groups -OCH3 is 1. The third-order valence-electron chi connectivity index (χ3n) is 4.13. The van der Waals surface area contributed by atoms with Crippen molar-refractivity contribution in [3.05, 3.63) is 70.5 Å². The molecule has 2 N–H and O–H groups in total. The number of aromatic nitrogens is 1. The average Bonchev–Trinajstić information content (AvgIpc) is 3.20. The van der Waals surface area contributed by atoms with Crippen LogP contribution >= 0.6 is 35.3 Å². The van der Waals surface area contributed by atoms with E-state index in [1.54, 1.807) is 25.5 Å². The van der Waals surface area contributed by atoms with E-state index in [2.05, 4.69) is 39.2 Å². The van der Waals surface area contributed by atoms with Crippen LogP contribution in [-0.2, 0) is 13.0 Å². The predicted octanol–water partition coefficient (Wildman–Crippen LogP) is 4.34. The lowest BCUT2D eigenvalue weighted by Crippen LogP contribution is -2.37. The van der Waals surface area contributed by atoms with Crippen molar-refractivity contribution in [3.63, 3.8) is 0 Å². The van der Waals surface area contributed by atoms with Gasteiger partial charge in [-0.05, 0) is 18.1 Å². The first-order valence-corrected chi connectivity index (χ1v) is 9.74. The Bertz CT molecular complexity index is 883. The highest BCUT2D eigenvalue weighted by molar-refractivity contribution is 14.0. The van der Waals surface area contributed by atoms with Crippen LogP contribution < -0.4 is 15.4 Å². The summed E-state index contributed by atoms with van der Waals surface area (Å²) < 4.78 is 5.39. The number of hydrogen-bond acceptors (Lipinski definition) is 4.